The predicted molar refractivity (Wildman–Crippen MR) is 79.7 cm³/mol. The SMILES string of the molecule is Cc1c(NC(=O)[C@@H](N)C(C)C)cnn1-c1ccccc1. The topological polar surface area (TPSA) is 72.9 Å². The van der Waals surface area contributed by atoms with Crippen molar-refractivity contribution in [3.8, 4) is 5.69 Å². The molecule has 0 saturated heterocycles. The van der Waals surface area contributed by atoms with Crippen LogP contribution in [0, 0.1) is 12.8 Å². The van der Waals surface area contributed by atoms with E-state index in [1.807, 2.05) is 51.1 Å². The summed E-state index contributed by atoms with van der Waals surface area (Å²) in [4.78, 5) is 12.0. The lowest BCUT2D eigenvalue weighted by Crippen LogP contribution is -2.39. The number of hydrogen-bond donors (Lipinski definition) is 2. The number of para-hydroxylation sites is 1. The fourth-order valence-corrected chi connectivity index (χ4v) is 1.88. The minimum Gasteiger partial charge on any atom is -0.322 e. The van der Waals surface area contributed by atoms with Gasteiger partial charge in [0.2, 0.25) is 5.91 Å². The Labute approximate surface area is 118 Å². The van der Waals surface area contributed by atoms with Crippen LogP contribution in [0.1, 0.15) is 19.5 Å². The van der Waals surface area contributed by atoms with E-state index in [2.05, 4.69) is 10.4 Å². The molecule has 0 saturated carbocycles. The molecular weight excluding hydrogens is 252 g/mol. The van der Waals surface area contributed by atoms with E-state index in [-0.39, 0.29) is 11.8 Å². The normalized spacial score (nSPS) is 12.4. The number of carbonyl (C=O) groups excluding carboxylic acids is 1. The summed E-state index contributed by atoms with van der Waals surface area (Å²) >= 11 is 0. The second-order valence-corrected chi connectivity index (χ2v) is 5.15. The minimum absolute atomic E-state index is 0.0967. The Kier molecular flexibility index (Phi) is 4.20. The first-order chi connectivity index (χ1) is 9.50. The smallest absolute Gasteiger partial charge is 0.241 e. The van der Waals surface area contributed by atoms with Gasteiger partial charge in [-0.2, -0.15) is 5.10 Å². The van der Waals surface area contributed by atoms with Gasteiger partial charge in [-0.05, 0) is 25.0 Å². The standard InChI is InChI=1S/C15H20N4O/c1-10(2)14(16)15(20)18-13-9-17-19(11(13)3)12-7-5-4-6-8-12/h4-10,14H,16H2,1-3H3,(H,18,20)/t14-/m0/s1. The lowest BCUT2D eigenvalue weighted by molar-refractivity contribution is -0.118. The van der Waals surface area contributed by atoms with Crippen LogP contribution in [-0.4, -0.2) is 21.7 Å². The van der Waals surface area contributed by atoms with E-state index in [9.17, 15) is 4.79 Å². The van der Waals surface area contributed by atoms with Gasteiger partial charge in [0.15, 0.2) is 0 Å². The van der Waals surface area contributed by atoms with E-state index in [0.29, 0.717) is 5.69 Å². The Hall–Kier alpha value is -2.14. The summed E-state index contributed by atoms with van der Waals surface area (Å²) in [5.74, 6) is -0.0878. The summed E-state index contributed by atoms with van der Waals surface area (Å²) in [6.45, 7) is 5.76. The van der Waals surface area contributed by atoms with Crippen LogP contribution in [0.15, 0.2) is 36.5 Å². The van der Waals surface area contributed by atoms with Gasteiger partial charge in [0, 0.05) is 0 Å². The summed E-state index contributed by atoms with van der Waals surface area (Å²) in [6, 6.07) is 9.26. The molecule has 5 heteroatoms. The molecule has 0 bridgehead atoms. The van der Waals surface area contributed by atoms with Crippen molar-refractivity contribution in [2.45, 2.75) is 26.8 Å². The number of nitrogens with zero attached hydrogens (tertiary/aromatic N) is 2. The van der Waals surface area contributed by atoms with Gasteiger partial charge in [-0.15, -0.1) is 0 Å². The molecule has 0 aliphatic rings. The number of nitrogens with two attached hydrogens (primary N) is 1. The maximum atomic E-state index is 12.0. The van der Waals surface area contributed by atoms with Crippen molar-refractivity contribution in [3.63, 3.8) is 0 Å². The molecule has 0 unspecified atom stereocenters. The highest BCUT2D eigenvalue weighted by Crippen LogP contribution is 2.18. The molecule has 3 N–H and O–H groups in total. The molecule has 5 nitrogen and oxygen atoms in total. The number of aromatic nitrogens is 2. The van der Waals surface area contributed by atoms with Gasteiger partial charge in [-0.3, -0.25) is 4.79 Å². The van der Waals surface area contributed by atoms with Crippen LogP contribution in [0.3, 0.4) is 0 Å². The third-order valence-electron chi connectivity index (χ3n) is 3.29. The summed E-state index contributed by atoms with van der Waals surface area (Å²) < 4.78 is 1.79. The Morgan fingerprint density at radius 3 is 2.55 bits per heavy atom. The Bertz CT molecular complexity index is 589. The van der Waals surface area contributed by atoms with Crippen molar-refractivity contribution in [2.75, 3.05) is 5.32 Å². The van der Waals surface area contributed by atoms with Crippen molar-refractivity contribution in [2.24, 2.45) is 11.7 Å². The van der Waals surface area contributed by atoms with Gasteiger partial charge in [0.1, 0.15) is 0 Å². The summed E-state index contributed by atoms with van der Waals surface area (Å²) in [5.41, 5.74) is 8.36. The average Bonchev–Trinajstić information content (AvgIpc) is 2.80. The first kappa shape index (κ1) is 14.3. The summed E-state index contributed by atoms with van der Waals surface area (Å²) in [5, 5.41) is 7.14. The lowest BCUT2D eigenvalue weighted by atomic mass is 10.1. The predicted octanol–water partition coefficient (Wildman–Crippen LogP) is 2.10. The maximum Gasteiger partial charge on any atom is 0.241 e. The van der Waals surface area contributed by atoms with Crippen molar-refractivity contribution in [1.82, 2.24) is 9.78 Å². The van der Waals surface area contributed by atoms with Crippen molar-refractivity contribution in [1.29, 1.82) is 0 Å². The maximum absolute atomic E-state index is 12.0. The Balaban J connectivity index is 2.20. The molecule has 1 atom stereocenters. The molecule has 0 spiro atoms. The summed E-state index contributed by atoms with van der Waals surface area (Å²) in [6.07, 6.45) is 1.65. The third-order valence-corrected chi connectivity index (χ3v) is 3.29. The zero-order valence-electron chi connectivity index (χ0n) is 12.0. The van der Waals surface area contributed by atoms with Gasteiger partial charge in [-0.25, -0.2) is 4.68 Å². The molecule has 1 heterocycles. The van der Waals surface area contributed by atoms with Crippen LogP contribution in [0.25, 0.3) is 5.69 Å². The fourth-order valence-electron chi connectivity index (χ4n) is 1.88. The molecule has 0 fully saturated rings. The zero-order chi connectivity index (χ0) is 14.7. The molecule has 1 aromatic carbocycles. The third kappa shape index (κ3) is 2.88. The highest BCUT2D eigenvalue weighted by molar-refractivity contribution is 5.95. The zero-order valence-corrected chi connectivity index (χ0v) is 12.0. The first-order valence-electron chi connectivity index (χ1n) is 6.67. The first-order valence-corrected chi connectivity index (χ1v) is 6.67. The molecule has 106 valence electrons. The van der Waals surface area contributed by atoms with Gasteiger partial charge < -0.3 is 11.1 Å². The molecule has 1 aromatic heterocycles. The van der Waals surface area contributed by atoms with E-state index < -0.39 is 6.04 Å². The number of nitrogens with one attached hydrogen (secondary N) is 1. The van der Waals surface area contributed by atoms with E-state index in [0.717, 1.165) is 11.4 Å². The Morgan fingerprint density at radius 1 is 1.30 bits per heavy atom. The van der Waals surface area contributed by atoms with Crippen LogP contribution >= 0.6 is 0 Å². The van der Waals surface area contributed by atoms with Gasteiger partial charge in [0.25, 0.3) is 0 Å². The van der Waals surface area contributed by atoms with Crippen LogP contribution in [0.5, 0.6) is 0 Å². The molecule has 2 rings (SSSR count). The molecule has 0 radical (unpaired) electrons. The largest absolute Gasteiger partial charge is 0.322 e. The van der Waals surface area contributed by atoms with E-state index in [1.54, 1.807) is 10.9 Å². The molecule has 0 aliphatic carbocycles. The van der Waals surface area contributed by atoms with Crippen LogP contribution in [-0.2, 0) is 4.79 Å². The van der Waals surface area contributed by atoms with Crippen LogP contribution in [0.4, 0.5) is 5.69 Å². The number of benzene rings is 1. The Morgan fingerprint density at radius 2 is 1.95 bits per heavy atom. The monoisotopic (exact) mass is 272 g/mol. The van der Waals surface area contributed by atoms with Crippen molar-refractivity contribution < 1.29 is 4.79 Å². The number of amides is 1. The highest BCUT2D eigenvalue weighted by Gasteiger charge is 2.19. The molecule has 20 heavy (non-hydrogen) atoms. The highest BCUT2D eigenvalue weighted by atomic mass is 16.2. The number of hydrogen-bond acceptors (Lipinski definition) is 3. The molecule has 0 aliphatic heterocycles. The van der Waals surface area contributed by atoms with Crippen LogP contribution in [0.2, 0.25) is 0 Å². The molecule has 1 amide bonds. The lowest BCUT2D eigenvalue weighted by Gasteiger charge is -2.15. The van der Waals surface area contributed by atoms with Gasteiger partial charge >= 0.3 is 0 Å². The molecule has 2 aromatic rings. The molecular formula is C15H20N4O. The van der Waals surface area contributed by atoms with E-state index in [1.165, 1.54) is 0 Å². The quantitative estimate of drug-likeness (QED) is 0.895. The van der Waals surface area contributed by atoms with Crippen LogP contribution < -0.4 is 11.1 Å². The minimum atomic E-state index is -0.519. The second kappa shape index (κ2) is 5.88. The fraction of sp³-hybridized carbons (Fsp3) is 0.333. The summed E-state index contributed by atoms with van der Waals surface area (Å²) in [7, 11) is 0. The van der Waals surface area contributed by atoms with E-state index >= 15 is 0 Å². The van der Waals surface area contributed by atoms with Gasteiger partial charge in [0.05, 0.1) is 29.3 Å². The number of rotatable bonds is 4. The van der Waals surface area contributed by atoms with Crippen molar-refractivity contribution in [3.05, 3.63) is 42.2 Å². The van der Waals surface area contributed by atoms with E-state index in [4.69, 9.17) is 5.73 Å². The van der Waals surface area contributed by atoms with Crippen molar-refractivity contribution >= 4 is 11.6 Å². The number of anilines is 1. The number of carbonyl (C=O) groups is 1. The average molecular weight is 272 g/mol. The second-order valence-electron chi connectivity index (χ2n) is 5.15. The van der Waals surface area contributed by atoms with Gasteiger partial charge in [-0.1, -0.05) is 32.0 Å².